The zero-order valence-electron chi connectivity index (χ0n) is 7.21. The number of nitrogens with zero attached hydrogens (tertiary/aromatic N) is 1. The lowest BCUT2D eigenvalue weighted by molar-refractivity contribution is 0.0918. The minimum atomic E-state index is 0.138. The maximum atomic E-state index is 5.44. The molecule has 2 N–H and O–H groups in total. The highest BCUT2D eigenvalue weighted by Crippen LogP contribution is 2.17. The van der Waals surface area contributed by atoms with Crippen LogP contribution < -0.4 is 5.73 Å². The van der Waals surface area contributed by atoms with Crippen LogP contribution in [-0.2, 0) is 4.84 Å². The van der Waals surface area contributed by atoms with Crippen LogP contribution in [0.15, 0.2) is 5.16 Å². The van der Waals surface area contributed by atoms with Crippen molar-refractivity contribution < 1.29 is 4.84 Å². The predicted octanol–water partition coefficient (Wildman–Crippen LogP) is 1.14. The molecule has 1 heterocycles. The highest BCUT2D eigenvalue weighted by molar-refractivity contribution is 5.87. The Kier molecular flexibility index (Phi) is 2.88. The maximum Gasteiger partial charge on any atom is 0.145 e. The molecule has 2 atom stereocenters. The Morgan fingerprint density at radius 3 is 3.00 bits per heavy atom. The van der Waals surface area contributed by atoms with Gasteiger partial charge in [0.15, 0.2) is 0 Å². The van der Waals surface area contributed by atoms with E-state index >= 15 is 0 Å². The molecule has 64 valence electrons. The first-order valence-electron chi connectivity index (χ1n) is 4.20. The lowest BCUT2D eigenvalue weighted by atomic mass is 9.99. The summed E-state index contributed by atoms with van der Waals surface area (Å²) in [6.45, 7) is 4.90. The summed E-state index contributed by atoms with van der Waals surface area (Å²) in [4.78, 5) is 5.10. The highest BCUT2D eigenvalue weighted by Gasteiger charge is 2.22. The third-order valence-electron chi connectivity index (χ3n) is 2.20. The number of hydrogen-bond donors (Lipinski definition) is 1. The molecule has 0 amide bonds. The lowest BCUT2D eigenvalue weighted by Gasteiger charge is -2.05. The van der Waals surface area contributed by atoms with E-state index in [-0.39, 0.29) is 6.10 Å². The molecule has 2 unspecified atom stereocenters. The molecule has 0 radical (unpaired) electrons. The molecule has 1 rings (SSSR count). The first-order chi connectivity index (χ1) is 5.27. The standard InChI is InChI=1S/C8H16N2O/c1-3-6(2)8-4-7(5-9)11-10-8/h6-7H,3-5,9H2,1-2H3. The van der Waals surface area contributed by atoms with Crippen molar-refractivity contribution in [1.82, 2.24) is 0 Å². The summed E-state index contributed by atoms with van der Waals surface area (Å²) in [5, 5.41) is 4.00. The average molecular weight is 156 g/mol. The number of rotatable bonds is 3. The fourth-order valence-electron chi connectivity index (χ4n) is 1.10. The summed E-state index contributed by atoms with van der Waals surface area (Å²) in [6, 6.07) is 0. The SMILES string of the molecule is CCC(C)C1=NOC(CN)C1. The Morgan fingerprint density at radius 2 is 2.55 bits per heavy atom. The molecule has 1 aliphatic rings. The van der Waals surface area contributed by atoms with Gasteiger partial charge in [-0.25, -0.2) is 0 Å². The second kappa shape index (κ2) is 3.72. The third-order valence-corrected chi connectivity index (χ3v) is 2.20. The van der Waals surface area contributed by atoms with E-state index in [1.54, 1.807) is 0 Å². The molecule has 0 saturated carbocycles. The van der Waals surface area contributed by atoms with E-state index in [1.807, 2.05) is 0 Å². The smallest absolute Gasteiger partial charge is 0.145 e. The largest absolute Gasteiger partial charge is 0.391 e. The molecular weight excluding hydrogens is 140 g/mol. The Bertz CT molecular complexity index is 156. The van der Waals surface area contributed by atoms with Gasteiger partial charge in [-0.15, -0.1) is 0 Å². The van der Waals surface area contributed by atoms with Crippen LogP contribution >= 0.6 is 0 Å². The number of nitrogens with two attached hydrogens (primary N) is 1. The van der Waals surface area contributed by atoms with E-state index in [4.69, 9.17) is 10.6 Å². The molecule has 0 bridgehead atoms. The van der Waals surface area contributed by atoms with Crippen molar-refractivity contribution in [3.05, 3.63) is 0 Å². The van der Waals surface area contributed by atoms with E-state index in [0.29, 0.717) is 12.5 Å². The Morgan fingerprint density at radius 1 is 1.82 bits per heavy atom. The van der Waals surface area contributed by atoms with Gasteiger partial charge in [0.25, 0.3) is 0 Å². The Balaban J connectivity index is 2.39. The number of hydrogen-bond acceptors (Lipinski definition) is 3. The molecule has 0 fully saturated rings. The molecule has 0 aromatic heterocycles. The van der Waals surface area contributed by atoms with Crippen LogP contribution in [0.5, 0.6) is 0 Å². The van der Waals surface area contributed by atoms with E-state index in [9.17, 15) is 0 Å². The third kappa shape index (κ3) is 1.93. The predicted molar refractivity (Wildman–Crippen MR) is 45.4 cm³/mol. The van der Waals surface area contributed by atoms with E-state index < -0.39 is 0 Å². The van der Waals surface area contributed by atoms with Gasteiger partial charge in [0.05, 0.1) is 5.71 Å². The molecule has 0 spiro atoms. The molecule has 0 aromatic rings. The summed E-state index contributed by atoms with van der Waals surface area (Å²) in [7, 11) is 0. The molecule has 0 aromatic carbocycles. The number of oxime groups is 1. The molecule has 0 aliphatic carbocycles. The average Bonchev–Trinajstić information content (AvgIpc) is 2.50. The summed E-state index contributed by atoms with van der Waals surface area (Å²) in [5.41, 5.74) is 6.61. The van der Waals surface area contributed by atoms with Crippen molar-refractivity contribution in [3.63, 3.8) is 0 Å². The molecule has 0 saturated heterocycles. The maximum absolute atomic E-state index is 5.44. The van der Waals surface area contributed by atoms with Crippen LogP contribution in [0.1, 0.15) is 26.7 Å². The minimum Gasteiger partial charge on any atom is -0.391 e. The van der Waals surface area contributed by atoms with Crippen molar-refractivity contribution in [2.75, 3.05) is 6.54 Å². The minimum absolute atomic E-state index is 0.138. The summed E-state index contributed by atoms with van der Waals surface area (Å²) >= 11 is 0. The van der Waals surface area contributed by atoms with E-state index in [2.05, 4.69) is 19.0 Å². The van der Waals surface area contributed by atoms with Gasteiger partial charge < -0.3 is 10.6 Å². The molecular formula is C8H16N2O. The van der Waals surface area contributed by atoms with Crippen LogP contribution in [0.2, 0.25) is 0 Å². The molecule has 3 heteroatoms. The topological polar surface area (TPSA) is 47.6 Å². The van der Waals surface area contributed by atoms with E-state index in [1.165, 1.54) is 5.71 Å². The molecule has 1 aliphatic heterocycles. The van der Waals surface area contributed by atoms with Crippen molar-refractivity contribution in [1.29, 1.82) is 0 Å². The van der Waals surface area contributed by atoms with Gasteiger partial charge in [-0.05, 0) is 12.3 Å². The first kappa shape index (κ1) is 8.53. The van der Waals surface area contributed by atoms with Gasteiger partial charge >= 0.3 is 0 Å². The van der Waals surface area contributed by atoms with Gasteiger partial charge in [0, 0.05) is 13.0 Å². The second-order valence-electron chi connectivity index (χ2n) is 3.06. The fourth-order valence-corrected chi connectivity index (χ4v) is 1.10. The van der Waals surface area contributed by atoms with Crippen LogP contribution in [0.4, 0.5) is 0 Å². The summed E-state index contributed by atoms with van der Waals surface area (Å²) in [5.74, 6) is 0.548. The quantitative estimate of drug-likeness (QED) is 0.666. The monoisotopic (exact) mass is 156 g/mol. The van der Waals surface area contributed by atoms with Crippen LogP contribution in [-0.4, -0.2) is 18.4 Å². The van der Waals surface area contributed by atoms with Gasteiger partial charge in [-0.2, -0.15) is 0 Å². The molecule has 3 nitrogen and oxygen atoms in total. The van der Waals surface area contributed by atoms with Crippen molar-refractivity contribution in [2.24, 2.45) is 16.8 Å². The lowest BCUT2D eigenvalue weighted by Crippen LogP contribution is -2.21. The Hall–Kier alpha value is -0.570. The van der Waals surface area contributed by atoms with E-state index in [0.717, 1.165) is 12.8 Å². The van der Waals surface area contributed by atoms with Gasteiger partial charge in [-0.1, -0.05) is 19.0 Å². The van der Waals surface area contributed by atoms with Crippen molar-refractivity contribution >= 4 is 5.71 Å². The van der Waals surface area contributed by atoms with Gasteiger partial charge in [0.2, 0.25) is 0 Å². The second-order valence-corrected chi connectivity index (χ2v) is 3.06. The normalized spacial score (nSPS) is 26.1. The zero-order valence-corrected chi connectivity index (χ0v) is 7.21. The van der Waals surface area contributed by atoms with Crippen LogP contribution in [0.25, 0.3) is 0 Å². The fraction of sp³-hybridized carbons (Fsp3) is 0.875. The summed E-state index contributed by atoms with van der Waals surface area (Å²) < 4.78 is 0. The van der Waals surface area contributed by atoms with Crippen LogP contribution in [0, 0.1) is 5.92 Å². The van der Waals surface area contributed by atoms with Crippen molar-refractivity contribution in [2.45, 2.75) is 32.8 Å². The zero-order chi connectivity index (χ0) is 8.27. The van der Waals surface area contributed by atoms with Gasteiger partial charge in [0.1, 0.15) is 6.10 Å². The van der Waals surface area contributed by atoms with Crippen LogP contribution in [0.3, 0.4) is 0 Å². The molecule has 11 heavy (non-hydrogen) atoms. The van der Waals surface area contributed by atoms with Gasteiger partial charge in [-0.3, -0.25) is 0 Å². The van der Waals surface area contributed by atoms with Crippen molar-refractivity contribution in [3.8, 4) is 0 Å². The highest BCUT2D eigenvalue weighted by atomic mass is 16.6. The Labute approximate surface area is 67.6 Å². The summed E-state index contributed by atoms with van der Waals surface area (Å²) in [6.07, 6.45) is 2.18. The first-order valence-corrected chi connectivity index (χ1v) is 4.20.